The summed E-state index contributed by atoms with van der Waals surface area (Å²) in [6, 6.07) is 17.7. The van der Waals surface area contributed by atoms with E-state index in [2.05, 4.69) is 20.8 Å². The number of nitrogens with zero attached hydrogens (tertiary/aromatic N) is 4. The minimum atomic E-state index is 0.651. The van der Waals surface area contributed by atoms with Crippen molar-refractivity contribution >= 4 is 11.8 Å². The molecule has 0 radical (unpaired) electrons. The molecule has 0 aliphatic heterocycles. The molecule has 0 saturated heterocycles. The third-order valence-electron chi connectivity index (χ3n) is 4.29. The van der Waals surface area contributed by atoms with Crippen LogP contribution in [0.15, 0.2) is 53.7 Å². The lowest BCUT2D eigenvalue weighted by atomic mass is 10.1. The van der Waals surface area contributed by atoms with Gasteiger partial charge in [0.05, 0.1) is 24.3 Å². The van der Waals surface area contributed by atoms with Gasteiger partial charge in [-0.25, -0.2) is 0 Å². The minimum absolute atomic E-state index is 0.651. The Morgan fingerprint density at radius 2 is 1.86 bits per heavy atom. The molecule has 3 aromatic rings. The van der Waals surface area contributed by atoms with Gasteiger partial charge < -0.3 is 14.0 Å². The van der Waals surface area contributed by atoms with E-state index in [4.69, 9.17) is 9.47 Å². The smallest absolute Gasteiger partial charge is 0.191 e. The largest absolute Gasteiger partial charge is 0.496 e. The first kappa shape index (κ1) is 19.9. The third-order valence-corrected chi connectivity index (χ3v) is 5.31. The molecule has 0 amide bonds. The van der Waals surface area contributed by atoms with Crippen molar-refractivity contribution in [2.75, 3.05) is 20.8 Å². The molecule has 0 unspecified atom stereocenters. The van der Waals surface area contributed by atoms with E-state index in [-0.39, 0.29) is 0 Å². The van der Waals surface area contributed by atoms with Gasteiger partial charge in [-0.2, -0.15) is 5.26 Å². The summed E-state index contributed by atoms with van der Waals surface area (Å²) in [6.45, 7) is 1.39. The molecular weight excluding hydrogens is 372 g/mol. The number of para-hydroxylation sites is 1. The first-order chi connectivity index (χ1) is 13.8. The first-order valence-electron chi connectivity index (χ1n) is 8.94. The first-order valence-corrected chi connectivity index (χ1v) is 9.93. The summed E-state index contributed by atoms with van der Waals surface area (Å²) in [7, 11) is 3.35. The summed E-state index contributed by atoms with van der Waals surface area (Å²) in [5.74, 6) is 2.18. The van der Waals surface area contributed by atoms with Gasteiger partial charge in [0.25, 0.3) is 0 Å². The molecule has 0 N–H and O–H groups in total. The van der Waals surface area contributed by atoms with E-state index >= 15 is 0 Å². The van der Waals surface area contributed by atoms with Gasteiger partial charge in [-0.1, -0.05) is 42.1 Å². The maximum atomic E-state index is 9.30. The van der Waals surface area contributed by atoms with E-state index in [1.165, 1.54) is 0 Å². The van der Waals surface area contributed by atoms with Crippen molar-refractivity contribution in [3.8, 4) is 23.2 Å². The molecule has 0 bridgehead atoms. The van der Waals surface area contributed by atoms with Crippen LogP contribution in [-0.4, -0.2) is 35.6 Å². The molecule has 0 atom stereocenters. The van der Waals surface area contributed by atoms with Crippen LogP contribution in [-0.2, 0) is 17.0 Å². The van der Waals surface area contributed by atoms with Crippen molar-refractivity contribution in [3.63, 3.8) is 0 Å². The maximum absolute atomic E-state index is 9.30. The number of aromatic nitrogens is 3. The highest BCUT2D eigenvalue weighted by Gasteiger charge is 2.17. The summed E-state index contributed by atoms with van der Waals surface area (Å²) in [4.78, 5) is 0. The zero-order chi connectivity index (χ0) is 19.8. The Morgan fingerprint density at radius 1 is 1.07 bits per heavy atom. The number of methoxy groups -OCH3 is 2. The number of nitriles is 1. The fourth-order valence-corrected chi connectivity index (χ4v) is 3.86. The van der Waals surface area contributed by atoms with E-state index in [9.17, 15) is 5.26 Å². The molecule has 0 spiro atoms. The fourth-order valence-electron chi connectivity index (χ4n) is 2.89. The second-order valence-corrected chi connectivity index (χ2v) is 7.00. The summed E-state index contributed by atoms with van der Waals surface area (Å²) in [5, 5.41) is 19.0. The Hall–Kier alpha value is -2.82. The average molecular weight is 395 g/mol. The molecule has 3 rings (SSSR count). The van der Waals surface area contributed by atoms with Gasteiger partial charge in [-0.15, -0.1) is 10.2 Å². The Kier molecular flexibility index (Phi) is 7.06. The van der Waals surface area contributed by atoms with Crippen LogP contribution in [0, 0.1) is 11.3 Å². The summed E-state index contributed by atoms with van der Waals surface area (Å²) in [6.07, 6.45) is 0.846. The Labute approximate surface area is 169 Å². The lowest BCUT2D eigenvalue weighted by molar-refractivity contribution is 0.189. The predicted octanol–water partition coefficient (Wildman–Crippen LogP) is 4.15. The monoisotopic (exact) mass is 394 g/mol. The SMILES string of the molecule is COCCCn1c(SCc2ccccc2C#N)nnc1-c1ccccc1OC. The average Bonchev–Trinajstić information content (AvgIpc) is 3.15. The van der Waals surface area contributed by atoms with Gasteiger partial charge in [-0.3, -0.25) is 0 Å². The van der Waals surface area contributed by atoms with Gasteiger partial charge >= 0.3 is 0 Å². The number of hydrogen-bond acceptors (Lipinski definition) is 6. The van der Waals surface area contributed by atoms with Crippen molar-refractivity contribution < 1.29 is 9.47 Å². The molecular formula is C21H22N4O2S. The van der Waals surface area contributed by atoms with Crippen LogP contribution in [0.4, 0.5) is 0 Å². The van der Waals surface area contributed by atoms with Gasteiger partial charge in [0.15, 0.2) is 11.0 Å². The zero-order valence-electron chi connectivity index (χ0n) is 16.0. The standard InChI is InChI=1S/C21H22N4O2S/c1-26-13-7-12-25-20(18-10-5-6-11-19(18)27-2)23-24-21(25)28-15-17-9-4-3-8-16(17)14-22/h3-6,8-11H,7,12-13,15H2,1-2H3. The van der Waals surface area contributed by atoms with Crippen molar-refractivity contribution in [3.05, 3.63) is 59.7 Å². The highest BCUT2D eigenvalue weighted by atomic mass is 32.2. The fraction of sp³-hybridized carbons (Fsp3) is 0.286. The number of benzene rings is 2. The molecule has 7 heteroatoms. The summed E-state index contributed by atoms with van der Waals surface area (Å²) < 4.78 is 12.8. The molecule has 144 valence electrons. The lowest BCUT2D eigenvalue weighted by Gasteiger charge is -2.12. The third kappa shape index (κ3) is 4.53. The van der Waals surface area contributed by atoms with Crippen molar-refractivity contribution in [2.45, 2.75) is 23.9 Å². The van der Waals surface area contributed by atoms with Crippen LogP contribution < -0.4 is 4.74 Å². The summed E-state index contributed by atoms with van der Waals surface area (Å²) >= 11 is 1.57. The summed E-state index contributed by atoms with van der Waals surface area (Å²) in [5.41, 5.74) is 2.57. The minimum Gasteiger partial charge on any atom is -0.496 e. The molecule has 1 heterocycles. The predicted molar refractivity (Wildman–Crippen MR) is 109 cm³/mol. The van der Waals surface area contributed by atoms with E-state index in [1.54, 1.807) is 26.0 Å². The van der Waals surface area contributed by atoms with Crippen LogP contribution >= 0.6 is 11.8 Å². The Bertz CT molecular complexity index is 965. The second-order valence-electron chi connectivity index (χ2n) is 6.06. The molecule has 2 aromatic carbocycles. The second kappa shape index (κ2) is 9.93. The van der Waals surface area contributed by atoms with Gasteiger partial charge in [-0.05, 0) is 30.2 Å². The molecule has 28 heavy (non-hydrogen) atoms. The molecule has 1 aromatic heterocycles. The normalized spacial score (nSPS) is 10.6. The van der Waals surface area contributed by atoms with Crippen LogP contribution in [0.2, 0.25) is 0 Å². The highest BCUT2D eigenvalue weighted by molar-refractivity contribution is 7.98. The van der Waals surface area contributed by atoms with Gasteiger partial charge in [0.2, 0.25) is 0 Å². The van der Waals surface area contributed by atoms with Gasteiger partial charge in [0.1, 0.15) is 5.75 Å². The van der Waals surface area contributed by atoms with Crippen molar-refractivity contribution in [1.82, 2.24) is 14.8 Å². The van der Waals surface area contributed by atoms with Crippen LogP contribution in [0.3, 0.4) is 0 Å². The Morgan fingerprint density at radius 3 is 2.64 bits per heavy atom. The zero-order valence-corrected chi connectivity index (χ0v) is 16.8. The molecule has 0 aliphatic carbocycles. The number of thioether (sulfide) groups is 1. The van der Waals surface area contributed by atoms with E-state index in [1.807, 2.05) is 48.5 Å². The van der Waals surface area contributed by atoms with Crippen LogP contribution in [0.25, 0.3) is 11.4 Å². The molecule has 0 aliphatic rings. The van der Waals surface area contributed by atoms with E-state index in [0.717, 1.165) is 40.8 Å². The van der Waals surface area contributed by atoms with Crippen LogP contribution in [0.1, 0.15) is 17.5 Å². The lowest BCUT2D eigenvalue weighted by Crippen LogP contribution is -2.06. The molecule has 0 fully saturated rings. The van der Waals surface area contributed by atoms with Crippen molar-refractivity contribution in [1.29, 1.82) is 5.26 Å². The quantitative estimate of drug-likeness (QED) is 0.401. The number of hydrogen-bond donors (Lipinski definition) is 0. The maximum Gasteiger partial charge on any atom is 0.191 e. The Balaban J connectivity index is 1.90. The van der Waals surface area contributed by atoms with Crippen molar-refractivity contribution in [2.24, 2.45) is 0 Å². The molecule has 6 nitrogen and oxygen atoms in total. The van der Waals surface area contributed by atoms with Gasteiger partial charge in [0, 0.05) is 26.0 Å². The topological polar surface area (TPSA) is 73.0 Å². The van der Waals surface area contributed by atoms with Crippen LogP contribution in [0.5, 0.6) is 5.75 Å². The number of rotatable bonds is 9. The number of ether oxygens (including phenoxy) is 2. The highest BCUT2D eigenvalue weighted by Crippen LogP contribution is 2.32. The molecule has 0 saturated carbocycles. The van der Waals surface area contributed by atoms with E-state index in [0.29, 0.717) is 17.9 Å². The van der Waals surface area contributed by atoms with E-state index < -0.39 is 0 Å².